The fourth-order valence-corrected chi connectivity index (χ4v) is 3.06. The third-order valence-corrected chi connectivity index (χ3v) is 4.71. The fraction of sp³-hybridized carbons (Fsp3) is 1.00. The molecule has 1 aliphatic carbocycles. The molecule has 3 heteroatoms. The van der Waals surface area contributed by atoms with Gasteiger partial charge in [0.1, 0.15) is 0 Å². The van der Waals surface area contributed by atoms with Crippen LogP contribution in [-0.4, -0.2) is 48.8 Å². The molecule has 2 fully saturated rings. The molecule has 1 aliphatic heterocycles. The van der Waals surface area contributed by atoms with E-state index in [0.29, 0.717) is 11.5 Å². The predicted octanol–water partition coefficient (Wildman–Crippen LogP) is 1.61. The Morgan fingerprint density at radius 3 is 2.53 bits per heavy atom. The van der Waals surface area contributed by atoms with Crippen molar-refractivity contribution in [3.63, 3.8) is 0 Å². The standard InChI is InChI=1S/C14H28N2O/c1-14(7-9-16(2)10-8-14)11-15-12-5-3-4-6-13(12)17/h12-13,15,17H,3-11H2,1-2H3. The minimum atomic E-state index is -0.112. The smallest absolute Gasteiger partial charge is 0.0693 e. The Bertz CT molecular complexity index is 236. The van der Waals surface area contributed by atoms with Crippen LogP contribution in [0.1, 0.15) is 45.4 Å². The third-order valence-electron chi connectivity index (χ3n) is 4.71. The molecule has 2 N–H and O–H groups in total. The first-order chi connectivity index (χ1) is 8.09. The Morgan fingerprint density at radius 1 is 1.24 bits per heavy atom. The summed E-state index contributed by atoms with van der Waals surface area (Å²) in [5.41, 5.74) is 0.434. The van der Waals surface area contributed by atoms with Gasteiger partial charge in [0.15, 0.2) is 0 Å². The van der Waals surface area contributed by atoms with Gasteiger partial charge in [0.2, 0.25) is 0 Å². The van der Waals surface area contributed by atoms with Crippen molar-refractivity contribution < 1.29 is 5.11 Å². The lowest BCUT2D eigenvalue weighted by Crippen LogP contribution is -2.48. The van der Waals surface area contributed by atoms with Crippen molar-refractivity contribution in [2.75, 3.05) is 26.7 Å². The normalized spacial score (nSPS) is 34.8. The van der Waals surface area contributed by atoms with Gasteiger partial charge in [-0.3, -0.25) is 0 Å². The molecule has 17 heavy (non-hydrogen) atoms. The third kappa shape index (κ3) is 3.67. The molecule has 1 heterocycles. The Labute approximate surface area is 106 Å². The molecule has 0 amide bonds. The summed E-state index contributed by atoms with van der Waals surface area (Å²) in [6.45, 7) is 5.89. The molecular formula is C14H28N2O. The fourth-order valence-electron chi connectivity index (χ4n) is 3.06. The van der Waals surface area contributed by atoms with Gasteiger partial charge in [-0.05, 0) is 51.2 Å². The molecular weight excluding hydrogens is 212 g/mol. The van der Waals surface area contributed by atoms with Crippen LogP contribution in [0.25, 0.3) is 0 Å². The maximum absolute atomic E-state index is 9.95. The van der Waals surface area contributed by atoms with Crippen LogP contribution in [-0.2, 0) is 0 Å². The number of nitrogens with zero attached hydrogens (tertiary/aromatic N) is 1. The summed E-state index contributed by atoms with van der Waals surface area (Å²) in [4.78, 5) is 2.41. The van der Waals surface area contributed by atoms with Crippen LogP contribution in [0.3, 0.4) is 0 Å². The number of nitrogens with one attached hydrogen (secondary N) is 1. The number of aliphatic hydroxyl groups excluding tert-OH is 1. The topological polar surface area (TPSA) is 35.5 Å². The second-order valence-corrected chi connectivity index (χ2v) is 6.45. The summed E-state index contributed by atoms with van der Waals surface area (Å²) in [5, 5.41) is 13.6. The maximum atomic E-state index is 9.95. The van der Waals surface area contributed by atoms with Gasteiger partial charge in [0.05, 0.1) is 6.10 Å². The van der Waals surface area contributed by atoms with Gasteiger partial charge < -0.3 is 15.3 Å². The average molecular weight is 240 g/mol. The Kier molecular flexibility index (Phi) is 4.45. The van der Waals surface area contributed by atoms with Crippen LogP contribution < -0.4 is 5.32 Å². The van der Waals surface area contributed by atoms with Crippen molar-refractivity contribution in [2.45, 2.75) is 57.6 Å². The summed E-state index contributed by atoms with van der Waals surface area (Å²) in [7, 11) is 2.21. The van der Waals surface area contributed by atoms with E-state index in [4.69, 9.17) is 0 Å². The molecule has 0 aromatic heterocycles. The minimum absolute atomic E-state index is 0.112. The predicted molar refractivity (Wildman–Crippen MR) is 71.1 cm³/mol. The second-order valence-electron chi connectivity index (χ2n) is 6.45. The van der Waals surface area contributed by atoms with Crippen molar-refractivity contribution in [2.24, 2.45) is 5.41 Å². The monoisotopic (exact) mass is 240 g/mol. The first-order valence-corrected chi connectivity index (χ1v) is 7.19. The van der Waals surface area contributed by atoms with Crippen LogP contribution in [0.5, 0.6) is 0 Å². The maximum Gasteiger partial charge on any atom is 0.0693 e. The van der Waals surface area contributed by atoms with Crippen LogP contribution in [0.2, 0.25) is 0 Å². The van der Waals surface area contributed by atoms with E-state index in [1.165, 1.54) is 38.8 Å². The van der Waals surface area contributed by atoms with Crippen LogP contribution >= 0.6 is 0 Å². The molecule has 0 aromatic carbocycles. The average Bonchev–Trinajstić information content (AvgIpc) is 2.33. The quantitative estimate of drug-likeness (QED) is 0.787. The number of hydrogen-bond acceptors (Lipinski definition) is 3. The highest BCUT2D eigenvalue weighted by molar-refractivity contribution is 4.87. The molecule has 2 aliphatic rings. The molecule has 0 aromatic rings. The van der Waals surface area contributed by atoms with Gasteiger partial charge in [-0.1, -0.05) is 19.8 Å². The van der Waals surface area contributed by atoms with Crippen LogP contribution in [0.4, 0.5) is 0 Å². The van der Waals surface area contributed by atoms with Crippen molar-refractivity contribution in [1.29, 1.82) is 0 Å². The van der Waals surface area contributed by atoms with E-state index in [1.54, 1.807) is 0 Å². The summed E-state index contributed by atoms with van der Waals surface area (Å²) in [5.74, 6) is 0. The van der Waals surface area contributed by atoms with Crippen LogP contribution in [0, 0.1) is 5.41 Å². The summed E-state index contributed by atoms with van der Waals surface area (Å²) >= 11 is 0. The first-order valence-electron chi connectivity index (χ1n) is 7.19. The number of hydrogen-bond donors (Lipinski definition) is 2. The van der Waals surface area contributed by atoms with E-state index < -0.39 is 0 Å². The summed E-state index contributed by atoms with van der Waals surface area (Å²) in [6, 6.07) is 0.347. The molecule has 100 valence electrons. The van der Waals surface area contributed by atoms with Gasteiger partial charge in [-0.25, -0.2) is 0 Å². The Balaban J connectivity index is 1.76. The van der Waals surface area contributed by atoms with Crippen molar-refractivity contribution in [3.8, 4) is 0 Å². The molecule has 1 saturated carbocycles. The van der Waals surface area contributed by atoms with E-state index in [9.17, 15) is 5.11 Å². The molecule has 1 saturated heterocycles. The summed E-state index contributed by atoms with van der Waals surface area (Å²) in [6.07, 6.45) is 7.04. The van der Waals surface area contributed by atoms with E-state index in [2.05, 4.69) is 24.2 Å². The molecule has 2 atom stereocenters. The van der Waals surface area contributed by atoms with E-state index in [0.717, 1.165) is 19.4 Å². The van der Waals surface area contributed by atoms with Crippen molar-refractivity contribution in [1.82, 2.24) is 10.2 Å². The largest absolute Gasteiger partial charge is 0.392 e. The van der Waals surface area contributed by atoms with Gasteiger partial charge >= 0.3 is 0 Å². The minimum Gasteiger partial charge on any atom is -0.392 e. The van der Waals surface area contributed by atoms with Crippen molar-refractivity contribution >= 4 is 0 Å². The zero-order chi connectivity index (χ0) is 12.3. The SMILES string of the molecule is CN1CCC(C)(CNC2CCCCC2O)CC1. The second kappa shape index (κ2) is 5.68. The Morgan fingerprint density at radius 2 is 1.88 bits per heavy atom. The van der Waals surface area contributed by atoms with E-state index >= 15 is 0 Å². The highest BCUT2D eigenvalue weighted by atomic mass is 16.3. The molecule has 0 bridgehead atoms. The lowest BCUT2D eigenvalue weighted by molar-refractivity contribution is 0.0736. The number of rotatable bonds is 3. The van der Waals surface area contributed by atoms with Crippen molar-refractivity contribution in [3.05, 3.63) is 0 Å². The molecule has 0 spiro atoms. The molecule has 2 unspecified atom stereocenters. The van der Waals surface area contributed by atoms with E-state index in [-0.39, 0.29) is 6.10 Å². The van der Waals surface area contributed by atoms with Crippen LogP contribution in [0.15, 0.2) is 0 Å². The molecule has 0 radical (unpaired) electrons. The number of piperidine rings is 1. The molecule has 2 rings (SSSR count). The lowest BCUT2D eigenvalue weighted by Gasteiger charge is -2.40. The first kappa shape index (κ1) is 13.3. The molecule has 3 nitrogen and oxygen atoms in total. The lowest BCUT2D eigenvalue weighted by atomic mass is 9.80. The van der Waals surface area contributed by atoms with Gasteiger partial charge in [-0.2, -0.15) is 0 Å². The number of likely N-dealkylation sites (tertiary alicyclic amines) is 1. The Hall–Kier alpha value is -0.120. The van der Waals surface area contributed by atoms with Gasteiger partial charge in [0, 0.05) is 12.6 Å². The van der Waals surface area contributed by atoms with E-state index in [1.807, 2.05) is 0 Å². The zero-order valence-corrected chi connectivity index (χ0v) is 11.4. The summed E-state index contributed by atoms with van der Waals surface area (Å²) < 4.78 is 0. The highest BCUT2D eigenvalue weighted by Gasteiger charge is 2.31. The highest BCUT2D eigenvalue weighted by Crippen LogP contribution is 2.30. The van der Waals surface area contributed by atoms with Gasteiger partial charge in [-0.15, -0.1) is 0 Å². The van der Waals surface area contributed by atoms with Gasteiger partial charge in [0.25, 0.3) is 0 Å². The zero-order valence-electron chi connectivity index (χ0n) is 11.4. The number of aliphatic hydroxyl groups is 1.